The summed E-state index contributed by atoms with van der Waals surface area (Å²) in [5.74, 6) is -0.269. The third kappa shape index (κ3) is 3.86. The van der Waals surface area contributed by atoms with Crippen LogP contribution in [0.1, 0.15) is 11.1 Å². The van der Waals surface area contributed by atoms with Gasteiger partial charge in [-0.2, -0.15) is 0 Å². The van der Waals surface area contributed by atoms with Crippen LogP contribution < -0.4 is 0 Å². The molecule has 2 rings (SSSR count). The van der Waals surface area contributed by atoms with Crippen molar-refractivity contribution in [3.8, 4) is 0 Å². The van der Waals surface area contributed by atoms with E-state index in [4.69, 9.17) is 16.4 Å². The van der Waals surface area contributed by atoms with Crippen molar-refractivity contribution in [3.63, 3.8) is 0 Å². The summed E-state index contributed by atoms with van der Waals surface area (Å²) in [6.07, 6.45) is 2.72. The number of hydrogen-bond donors (Lipinski definition) is 0. The highest BCUT2D eigenvalue weighted by molar-refractivity contribution is 6.30. The summed E-state index contributed by atoms with van der Waals surface area (Å²) in [7, 11) is 0. The van der Waals surface area contributed by atoms with Gasteiger partial charge >= 0.3 is 0 Å². The van der Waals surface area contributed by atoms with Crippen molar-refractivity contribution in [2.24, 2.45) is 5.16 Å². The van der Waals surface area contributed by atoms with Crippen molar-refractivity contribution in [2.75, 3.05) is 0 Å². The standard InChI is InChI=1S/C14H10ClFNO/c15-13-5-1-11(2-6-13)9-17-18-10-12-3-7-14(16)8-4-12/h1-8H,10H2. The fourth-order valence-electron chi connectivity index (χ4n) is 1.30. The second-order valence-electron chi connectivity index (χ2n) is 3.61. The monoisotopic (exact) mass is 262 g/mol. The SMILES string of the molecule is Fc1ccc(CO/N=[C]\c2ccc(Cl)cc2)cc1. The van der Waals surface area contributed by atoms with Crippen LogP contribution in [-0.2, 0) is 11.4 Å². The normalized spacial score (nSPS) is 10.8. The van der Waals surface area contributed by atoms with E-state index in [1.54, 1.807) is 36.4 Å². The van der Waals surface area contributed by atoms with Gasteiger partial charge in [0.2, 0.25) is 0 Å². The van der Waals surface area contributed by atoms with Gasteiger partial charge in [-0.1, -0.05) is 41.0 Å². The van der Waals surface area contributed by atoms with E-state index >= 15 is 0 Å². The van der Waals surface area contributed by atoms with Crippen molar-refractivity contribution < 1.29 is 9.23 Å². The first kappa shape index (κ1) is 12.6. The Hall–Kier alpha value is -1.87. The molecule has 0 aromatic heterocycles. The van der Waals surface area contributed by atoms with Crippen LogP contribution in [0.25, 0.3) is 0 Å². The van der Waals surface area contributed by atoms with E-state index in [0.29, 0.717) is 5.02 Å². The quantitative estimate of drug-likeness (QED) is 0.605. The van der Waals surface area contributed by atoms with Crippen LogP contribution in [0.2, 0.25) is 5.02 Å². The predicted molar refractivity (Wildman–Crippen MR) is 69.2 cm³/mol. The van der Waals surface area contributed by atoms with Crippen LogP contribution in [0.15, 0.2) is 53.7 Å². The average molecular weight is 263 g/mol. The molecule has 2 aromatic carbocycles. The molecule has 0 amide bonds. The average Bonchev–Trinajstić information content (AvgIpc) is 2.39. The molecular formula is C14H10ClFNO. The summed E-state index contributed by atoms with van der Waals surface area (Å²) in [6, 6.07) is 13.1. The lowest BCUT2D eigenvalue weighted by Gasteiger charge is -1.99. The summed E-state index contributed by atoms with van der Waals surface area (Å²) in [5.41, 5.74) is 1.62. The zero-order valence-corrected chi connectivity index (χ0v) is 10.2. The number of nitrogens with zero attached hydrogens (tertiary/aromatic N) is 1. The topological polar surface area (TPSA) is 21.6 Å². The second kappa shape index (κ2) is 6.17. The van der Waals surface area contributed by atoms with E-state index < -0.39 is 0 Å². The second-order valence-corrected chi connectivity index (χ2v) is 4.05. The largest absolute Gasteiger partial charge is 0.390 e. The minimum Gasteiger partial charge on any atom is -0.390 e. The molecule has 0 bridgehead atoms. The van der Waals surface area contributed by atoms with Gasteiger partial charge in [0, 0.05) is 10.6 Å². The Morgan fingerprint density at radius 1 is 1.06 bits per heavy atom. The first-order chi connectivity index (χ1) is 8.74. The molecule has 2 nitrogen and oxygen atoms in total. The van der Waals surface area contributed by atoms with E-state index in [-0.39, 0.29) is 12.4 Å². The maximum Gasteiger partial charge on any atom is 0.142 e. The first-order valence-corrected chi connectivity index (χ1v) is 5.70. The molecule has 0 aliphatic heterocycles. The van der Waals surface area contributed by atoms with E-state index in [1.807, 2.05) is 0 Å². The molecule has 0 aliphatic carbocycles. The van der Waals surface area contributed by atoms with Gasteiger partial charge in [0.25, 0.3) is 0 Å². The third-order valence-corrected chi connectivity index (χ3v) is 2.48. The number of rotatable bonds is 4. The van der Waals surface area contributed by atoms with Crippen LogP contribution in [0.5, 0.6) is 0 Å². The molecule has 0 saturated heterocycles. The number of halogens is 2. The summed E-state index contributed by atoms with van der Waals surface area (Å²) in [6.45, 7) is 0.279. The van der Waals surface area contributed by atoms with E-state index in [2.05, 4.69) is 11.4 Å². The highest BCUT2D eigenvalue weighted by Gasteiger charge is 1.94. The van der Waals surface area contributed by atoms with Crippen LogP contribution in [0.4, 0.5) is 4.39 Å². The summed E-state index contributed by atoms with van der Waals surface area (Å²) in [4.78, 5) is 5.05. The zero-order valence-electron chi connectivity index (χ0n) is 9.44. The molecule has 0 heterocycles. The molecule has 0 spiro atoms. The molecule has 0 saturated carbocycles. The maximum atomic E-state index is 12.6. The molecule has 0 aliphatic rings. The lowest BCUT2D eigenvalue weighted by Crippen LogP contribution is -1.88. The van der Waals surface area contributed by atoms with Crippen LogP contribution in [0, 0.1) is 5.82 Å². The van der Waals surface area contributed by atoms with Crippen molar-refractivity contribution in [1.29, 1.82) is 0 Å². The van der Waals surface area contributed by atoms with Gasteiger partial charge in [-0.25, -0.2) is 4.39 Å². The van der Waals surface area contributed by atoms with Crippen molar-refractivity contribution in [2.45, 2.75) is 6.61 Å². The summed E-state index contributed by atoms with van der Waals surface area (Å²) in [5, 5.41) is 4.36. The predicted octanol–water partition coefficient (Wildman–Crippen LogP) is 3.91. The minimum atomic E-state index is -0.269. The highest BCUT2D eigenvalue weighted by atomic mass is 35.5. The Bertz CT molecular complexity index is 522. The lowest BCUT2D eigenvalue weighted by atomic mass is 10.2. The Labute approximate surface area is 110 Å². The molecule has 91 valence electrons. The zero-order chi connectivity index (χ0) is 12.8. The van der Waals surface area contributed by atoms with Gasteiger partial charge < -0.3 is 4.84 Å². The van der Waals surface area contributed by atoms with Crippen molar-refractivity contribution in [3.05, 3.63) is 70.5 Å². The number of hydrogen-bond acceptors (Lipinski definition) is 2. The molecule has 0 fully saturated rings. The fourth-order valence-corrected chi connectivity index (χ4v) is 1.42. The van der Waals surface area contributed by atoms with Gasteiger partial charge in [0.15, 0.2) is 0 Å². The van der Waals surface area contributed by atoms with Gasteiger partial charge in [-0.3, -0.25) is 0 Å². The van der Waals surface area contributed by atoms with Crippen molar-refractivity contribution in [1.82, 2.24) is 0 Å². The minimum absolute atomic E-state index is 0.269. The molecule has 18 heavy (non-hydrogen) atoms. The third-order valence-electron chi connectivity index (χ3n) is 2.23. The Morgan fingerprint density at radius 3 is 2.39 bits per heavy atom. The van der Waals surface area contributed by atoms with Gasteiger partial charge in [0.1, 0.15) is 18.6 Å². The van der Waals surface area contributed by atoms with Crippen LogP contribution >= 0.6 is 11.6 Å². The Morgan fingerprint density at radius 2 is 1.72 bits per heavy atom. The molecule has 0 atom stereocenters. The maximum absolute atomic E-state index is 12.6. The Kier molecular flexibility index (Phi) is 4.31. The van der Waals surface area contributed by atoms with E-state index in [0.717, 1.165) is 11.1 Å². The Balaban J connectivity index is 1.84. The summed E-state index contributed by atoms with van der Waals surface area (Å²) < 4.78 is 12.6. The van der Waals surface area contributed by atoms with Crippen LogP contribution in [0.3, 0.4) is 0 Å². The molecule has 2 aromatic rings. The van der Waals surface area contributed by atoms with E-state index in [1.165, 1.54) is 12.1 Å². The van der Waals surface area contributed by atoms with E-state index in [9.17, 15) is 4.39 Å². The molecule has 0 unspecified atom stereocenters. The molecule has 1 radical (unpaired) electrons. The van der Waals surface area contributed by atoms with Gasteiger partial charge in [-0.15, -0.1) is 0 Å². The molecular weight excluding hydrogens is 253 g/mol. The van der Waals surface area contributed by atoms with Gasteiger partial charge in [0.05, 0.1) is 0 Å². The smallest absolute Gasteiger partial charge is 0.142 e. The molecule has 0 N–H and O–H groups in total. The fraction of sp³-hybridized carbons (Fsp3) is 0.0714. The molecule has 4 heteroatoms. The van der Waals surface area contributed by atoms with Crippen molar-refractivity contribution >= 4 is 17.8 Å². The number of benzene rings is 2. The first-order valence-electron chi connectivity index (χ1n) is 5.32. The highest BCUT2D eigenvalue weighted by Crippen LogP contribution is 2.08. The van der Waals surface area contributed by atoms with Crippen LogP contribution in [-0.4, -0.2) is 6.21 Å². The van der Waals surface area contributed by atoms with Gasteiger partial charge in [-0.05, 0) is 29.8 Å². The lowest BCUT2D eigenvalue weighted by molar-refractivity contribution is 0.132. The summed E-state index contributed by atoms with van der Waals surface area (Å²) >= 11 is 5.75.